The highest BCUT2D eigenvalue weighted by atomic mass is 16.2. The summed E-state index contributed by atoms with van der Waals surface area (Å²) < 4.78 is 0. The van der Waals surface area contributed by atoms with Crippen molar-refractivity contribution >= 4 is 11.6 Å². The summed E-state index contributed by atoms with van der Waals surface area (Å²) in [5.74, 6) is 1.08. The molecule has 0 atom stereocenters. The number of hydrogen-bond donors (Lipinski definition) is 1. The van der Waals surface area contributed by atoms with E-state index in [0.717, 1.165) is 43.1 Å². The average Bonchev–Trinajstić information content (AvgIpc) is 3.32. The molecule has 1 N–H and O–H groups in total. The van der Waals surface area contributed by atoms with E-state index < -0.39 is 5.41 Å². The number of nitrogens with zero attached hydrogens (tertiary/aromatic N) is 2. The van der Waals surface area contributed by atoms with Crippen molar-refractivity contribution in [3.05, 3.63) is 35.9 Å². The van der Waals surface area contributed by atoms with Gasteiger partial charge in [-0.05, 0) is 56.4 Å². The van der Waals surface area contributed by atoms with Gasteiger partial charge < -0.3 is 0 Å². The van der Waals surface area contributed by atoms with Crippen molar-refractivity contribution in [2.24, 2.45) is 16.4 Å². The Morgan fingerprint density at radius 2 is 1.75 bits per heavy atom. The van der Waals surface area contributed by atoms with Crippen LogP contribution in [0, 0.1) is 11.3 Å². The molecule has 1 spiro atoms. The topological polar surface area (TPSA) is 44.7 Å². The van der Waals surface area contributed by atoms with Crippen molar-refractivity contribution in [1.82, 2.24) is 10.3 Å². The van der Waals surface area contributed by atoms with Gasteiger partial charge in [-0.2, -0.15) is 5.10 Å². The van der Waals surface area contributed by atoms with Crippen LogP contribution in [0.1, 0.15) is 50.5 Å². The summed E-state index contributed by atoms with van der Waals surface area (Å²) in [5, 5.41) is 4.43. The fraction of sp³-hybridized carbons (Fsp3) is 0.600. The Hall–Kier alpha value is -1.68. The lowest BCUT2D eigenvalue weighted by Crippen LogP contribution is -2.55. The van der Waals surface area contributed by atoms with Crippen molar-refractivity contribution in [1.29, 1.82) is 0 Å². The van der Waals surface area contributed by atoms with E-state index in [9.17, 15) is 4.79 Å². The summed E-state index contributed by atoms with van der Waals surface area (Å²) in [6, 6.07) is 10.2. The molecule has 2 aliphatic heterocycles. The van der Waals surface area contributed by atoms with Crippen molar-refractivity contribution in [2.75, 3.05) is 13.1 Å². The zero-order chi connectivity index (χ0) is 16.2. The van der Waals surface area contributed by atoms with Crippen LogP contribution in [0.25, 0.3) is 0 Å². The summed E-state index contributed by atoms with van der Waals surface area (Å²) in [6.07, 6.45) is 8.77. The number of likely N-dealkylation sites (tertiary alicyclic amines) is 1. The third-order valence-electron chi connectivity index (χ3n) is 7.20. The number of carbonyl (C=O) groups excluding carboxylic acids is 1. The van der Waals surface area contributed by atoms with E-state index in [2.05, 4.69) is 27.6 Å². The van der Waals surface area contributed by atoms with Crippen LogP contribution in [-0.4, -0.2) is 35.1 Å². The number of hydrazone groups is 1. The molecule has 1 aromatic carbocycles. The summed E-state index contributed by atoms with van der Waals surface area (Å²) in [4.78, 5) is 15.4. The van der Waals surface area contributed by atoms with E-state index in [1.165, 1.54) is 32.1 Å². The average molecular weight is 323 g/mol. The molecule has 24 heavy (non-hydrogen) atoms. The fourth-order valence-electron chi connectivity index (χ4n) is 5.80. The monoisotopic (exact) mass is 323 g/mol. The molecule has 1 aromatic rings. The minimum Gasteiger partial charge on any atom is -0.298 e. The Balaban J connectivity index is 1.39. The Labute approximate surface area is 143 Å². The van der Waals surface area contributed by atoms with E-state index in [1.807, 2.05) is 18.2 Å². The smallest absolute Gasteiger partial charge is 0.252 e. The fourth-order valence-corrected chi connectivity index (χ4v) is 5.80. The van der Waals surface area contributed by atoms with Crippen LogP contribution >= 0.6 is 0 Å². The van der Waals surface area contributed by atoms with Crippen LogP contribution in [0.2, 0.25) is 0 Å². The minimum atomic E-state index is -0.412. The molecule has 4 heteroatoms. The molecule has 1 saturated heterocycles. The third-order valence-corrected chi connectivity index (χ3v) is 7.20. The second-order valence-electron chi connectivity index (χ2n) is 8.21. The number of benzene rings is 1. The molecule has 2 heterocycles. The predicted octanol–water partition coefficient (Wildman–Crippen LogP) is 2.94. The van der Waals surface area contributed by atoms with Crippen molar-refractivity contribution < 1.29 is 4.79 Å². The van der Waals surface area contributed by atoms with Gasteiger partial charge in [0.25, 0.3) is 5.91 Å². The van der Waals surface area contributed by atoms with Gasteiger partial charge in [0.1, 0.15) is 0 Å². The van der Waals surface area contributed by atoms with Crippen LogP contribution in [0.3, 0.4) is 0 Å². The van der Waals surface area contributed by atoms with E-state index >= 15 is 0 Å². The van der Waals surface area contributed by atoms with Gasteiger partial charge in [-0.1, -0.05) is 30.3 Å². The van der Waals surface area contributed by atoms with Crippen LogP contribution < -0.4 is 5.43 Å². The Kier molecular flexibility index (Phi) is 3.15. The molecule has 0 radical (unpaired) electrons. The lowest BCUT2D eigenvalue weighted by atomic mass is 9.71. The van der Waals surface area contributed by atoms with Crippen molar-refractivity contribution in [3.8, 4) is 0 Å². The quantitative estimate of drug-likeness (QED) is 0.909. The number of nitrogens with one attached hydrogen (secondary N) is 1. The molecule has 2 aliphatic carbocycles. The second-order valence-corrected chi connectivity index (χ2v) is 8.21. The van der Waals surface area contributed by atoms with E-state index in [0.29, 0.717) is 5.54 Å². The first kappa shape index (κ1) is 14.6. The van der Waals surface area contributed by atoms with E-state index in [-0.39, 0.29) is 5.91 Å². The molecule has 126 valence electrons. The van der Waals surface area contributed by atoms with Gasteiger partial charge in [0.2, 0.25) is 0 Å². The lowest BCUT2D eigenvalue weighted by Gasteiger charge is -2.46. The summed E-state index contributed by atoms with van der Waals surface area (Å²) in [6.45, 7) is 2.07. The number of piperidine rings is 1. The van der Waals surface area contributed by atoms with E-state index in [4.69, 9.17) is 0 Å². The number of rotatable bonds is 2. The Bertz CT molecular complexity index is 680. The number of hydrogen-bond acceptors (Lipinski definition) is 3. The largest absolute Gasteiger partial charge is 0.298 e. The molecule has 2 saturated carbocycles. The normalized spacial score (nSPS) is 34.6. The van der Waals surface area contributed by atoms with Crippen LogP contribution in [0.5, 0.6) is 0 Å². The first-order valence-electron chi connectivity index (χ1n) is 9.41. The molecule has 4 nitrogen and oxygen atoms in total. The molecule has 0 unspecified atom stereocenters. The minimum absolute atomic E-state index is 0.106. The molecule has 0 aromatic heterocycles. The Morgan fingerprint density at radius 3 is 2.38 bits per heavy atom. The summed E-state index contributed by atoms with van der Waals surface area (Å²) in [7, 11) is 0. The molecular formula is C20H25N3O. The zero-order valence-electron chi connectivity index (χ0n) is 14.1. The van der Waals surface area contributed by atoms with Gasteiger partial charge in [0, 0.05) is 18.6 Å². The van der Waals surface area contributed by atoms with Crippen molar-refractivity contribution in [2.45, 2.75) is 50.5 Å². The van der Waals surface area contributed by atoms with Gasteiger partial charge in [0.05, 0.1) is 11.1 Å². The van der Waals surface area contributed by atoms with Gasteiger partial charge in [-0.15, -0.1) is 0 Å². The molecule has 1 amide bonds. The Morgan fingerprint density at radius 1 is 1.04 bits per heavy atom. The summed E-state index contributed by atoms with van der Waals surface area (Å²) in [5.41, 5.74) is 4.87. The van der Waals surface area contributed by atoms with Crippen LogP contribution in [-0.2, 0) is 4.79 Å². The number of fused-ring (bicyclic) bond motifs is 2. The van der Waals surface area contributed by atoms with Crippen LogP contribution in [0.4, 0.5) is 0 Å². The number of carbonyl (C=O) groups is 1. The van der Waals surface area contributed by atoms with Crippen molar-refractivity contribution in [3.63, 3.8) is 0 Å². The maximum Gasteiger partial charge on any atom is 0.252 e. The first-order chi connectivity index (χ1) is 11.7. The third kappa shape index (κ3) is 1.95. The van der Waals surface area contributed by atoms with Gasteiger partial charge in [0.15, 0.2) is 0 Å². The lowest BCUT2D eigenvalue weighted by molar-refractivity contribution is -0.128. The second kappa shape index (κ2) is 5.16. The van der Waals surface area contributed by atoms with Crippen LogP contribution in [0.15, 0.2) is 35.4 Å². The molecule has 3 fully saturated rings. The highest BCUT2D eigenvalue weighted by Gasteiger charge is 2.54. The zero-order valence-corrected chi connectivity index (χ0v) is 14.1. The van der Waals surface area contributed by atoms with Gasteiger partial charge in [-0.25, -0.2) is 5.43 Å². The standard InChI is InChI=1S/C20H25N3O/c24-18-20(17(21-22-18)16-4-2-1-3-5-16)10-12-23(13-11-20)19-8-6-15(14-19)7-9-19/h1-5,15H,6-14H2,(H,22,24). The highest BCUT2D eigenvalue weighted by molar-refractivity contribution is 6.19. The molecule has 5 rings (SSSR count). The molecule has 4 aliphatic rings. The molecule has 2 bridgehead atoms. The van der Waals surface area contributed by atoms with E-state index in [1.54, 1.807) is 0 Å². The number of amides is 1. The highest BCUT2D eigenvalue weighted by Crippen LogP contribution is 2.53. The molecular weight excluding hydrogens is 298 g/mol. The van der Waals surface area contributed by atoms with Gasteiger partial charge in [-0.3, -0.25) is 9.69 Å². The first-order valence-corrected chi connectivity index (χ1v) is 9.41. The maximum atomic E-state index is 12.7. The SMILES string of the molecule is O=C1NN=C(c2ccccc2)C12CCN(C13CCC(CC1)C3)CC2. The summed E-state index contributed by atoms with van der Waals surface area (Å²) >= 11 is 0. The predicted molar refractivity (Wildman–Crippen MR) is 93.7 cm³/mol. The van der Waals surface area contributed by atoms with Gasteiger partial charge >= 0.3 is 0 Å². The maximum absolute atomic E-state index is 12.7.